The highest BCUT2D eigenvalue weighted by Gasteiger charge is 2.55. The molecule has 2 saturated heterocycles. The van der Waals surface area contributed by atoms with Crippen molar-refractivity contribution in [1.29, 1.82) is 0 Å². The van der Waals surface area contributed by atoms with Gasteiger partial charge in [0, 0.05) is 48.1 Å². The zero-order chi connectivity index (χ0) is 32.9. The normalized spacial score (nSPS) is 21.2. The SMILES string of the molecule is COC(NCc1ccc(F)c(F)c1)c1ccc(C2=C3C(NC(CCc4ccc(F)cc4)=C2c2nnc(C)o2)C2CCCN2S3(=O)=O)s1. The zero-order valence-corrected chi connectivity index (χ0v) is 27.2. The van der Waals surface area contributed by atoms with Gasteiger partial charge in [0.05, 0.1) is 22.6 Å². The van der Waals surface area contributed by atoms with Crippen molar-refractivity contribution < 1.29 is 30.7 Å². The maximum atomic E-state index is 14.2. The molecule has 3 aliphatic rings. The lowest BCUT2D eigenvalue weighted by Gasteiger charge is -2.30. The van der Waals surface area contributed by atoms with E-state index in [9.17, 15) is 21.6 Å². The number of sulfonamides is 1. The molecule has 47 heavy (non-hydrogen) atoms. The van der Waals surface area contributed by atoms with Crippen LogP contribution in [0, 0.1) is 24.4 Å². The summed E-state index contributed by atoms with van der Waals surface area (Å²) in [5.74, 6) is -1.65. The Morgan fingerprint density at radius 2 is 1.83 bits per heavy atom. The van der Waals surface area contributed by atoms with Crippen molar-refractivity contribution in [3.8, 4) is 0 Å². The lowest BCUT2D eigenvalue weighted by molar-refractivity contribution is 0.0750. The number of benzene rings is 2. The molecule has 0 bridgehead atoms. The molecule has 5 heterocycles. The number of rotatable bonds is 10. The second-order valence-corrected chi connectivity index (χ2v) is 14.7. The number of methoxy groups -OCH3 is 1. The highest BCUT2D eigenvalue weighted by atomic mass is 32.2. The second-order valence-electron chi connectivity index (χ2n) is 11.7. The first-order chi connectivity index (χ1) is 22.6. The Hall–Kier alpha value is -3.82. The van der Waals surface area contributed by atoms with Crippen molar-refractivity contribution in [3.63, 3.8) is 0 Å². The molecule has 3 atom stereocenters. The highest BCUT2D eigenvalue weighted by molar-refractivity contribution is 7.93. The molecule has 9 nitrogen and oxygen atoms in total. The largest absolute Gasteiger partial charge is 0.421 e. The van der Waals surface area contributed by atoms with E-state index in [1.807, 2.05) is 12.1 Å². The number of halogens is 3. The Morgan fingerprint density at radius 1 is 1.04 bits per heavy atom. The van der Waals surface area contributed by atoms with Crippen LogP contribution in [0.4, 0.5) is 13.2 Å². The van der Waals surface area contributed by atoms with Gasteiger partial charge >= 0.3 is 0 Å². The van der Waals surface area contributed by atoms with Gasteiger partial charge in [-0.05, 0) is 73.2 Å². The first-order valence-corrected chi connectivity index (χ1v) is 17.5. The Kier molecular flexibility index (Phi) is 8.55. The summed E-state index contributed by atoms with van der Waals surface area (Å²) in [7, 11) is -2.31. The summed E-state index contributed by atoms with van der Waals surface area (Å²) >= 11 is 1.36. The van der Waals surface area contributed by atoms with Crippen molar-refractivity contribution in [2.24, 2.45) is 0 Å². The van der Waals surface area contributed by atoms with E-state index in [-0.39, 0.29) is 29.2 Å². The van der Waals surface area contributed by atoms with E-state index in [4.69, 9.17) is 9.15 Å². The van der Waals surface area contributed by atoms with Crippen LogP contribution in [0.2, 0.25) is 0 Å². The summed E-state index contributed by atoms with van der Waals surface area (Å²) in [5.41, 5.74) is 3.25. The third kappa shape index (κ3) is 5.93. The molecule has 0 amide bonds. The second kappa shape index (κ2) is 12.7. The fraction of sp³-hybridized carbons (Fsp3) is 0.333. The molecular weight excluding hydrogens is 652 g/mol. The molecule has 3 unspecified atom stereocenters. The van der Waals surface area contributed by atoms with Crippen LogP contribution >= 0.6 is 11.3 Å². The van der Waals surface area contributed by atoms with Crippen LogP contribution in [-0.2, 0) is 27.7 Å². The topological polar surface area (TPSA) is 110 Å². The van der Waals surface area contributed by atoms with E-state index in [0.29, 0.717) is 46.9 Å². The molecular formula is C33H32F3N5O4S2. The number of dihydropyridines is 1. The summed E-state index contributed by atoms with van der Waals surface area (Å²) in [6.45, 7) is 2.32. The predicted molar refractivity (Wildman–Crippen MR) is 170 cm³/mol. The van der Waals surface area contributed by atoms with Gasteiger partial charge in [0.1, 0.15) is 12.0 Å². The van der Waals surface area contributed by atoms with Gasteiger partial charge in [-0.1, -0.05) is 18.2 Å². The van der Waals surface area contributed by atoms with Crippen molar-refractivity contribution in [2.45, 2.75) is 57.5 Å². The molecule has 14 heteroatoms. The van der Waals surface area contributed by atoms with Crippen molar-refractivity contribution in [1.82, 2.24) is 25.1 Å². The van der Waals surface area contributed by atoms with E-state index in [1.54, 1.807) is 23.4 Å². The quantitative estimate of drug-likeness (QED) is 0.201. The minimum Gasteiger partial charge on any atom is -0.421 e. The molecule has 0 aliphatic carbocycles. The summed E-state index contributed by atoms with van der Waals surface area (Å²) in [4.78, 5) is 1.70. The Morgan fingerprint density at radius 3 is 2.55 bits per heavy atom. The fourth-order valence-corrected chi connectivity index (χ4v) is 10.0. The van der Waals surface area contributed by atoms with E-state index in [1.165, 1.54) is 36.6 Å². The molecule has 4 aromatic rings. The number of ether oxygens (including phenoxy) is 1. The number of hydrogen-bond acceptors (Lipinski definition) is 9. The molecule has 0 saturated carbocycles. The maximum Gasteiger partial charge on any atom is 0.250 e. The fourth-order valence-electron chi connectivity index (χ4n) is 6.62. The maximum absolute atomic E-state index is 14.2. The molecule has 0 spiro atoms. The summed E-state index contributed by atoms with van der Waals surface area (Å²) in [6.07, 6.45) is 1.92. The van der Waals surface area contributed by atoms with Gasteiger partial charge in [-0.3, -0.25) is 5.32 Å². The third-order valence-electron chi connectivity index (χ3n) is 8.79. The smallest absolute Gasteiger partial charge is 0.250 e. The lowest BCUT2D eigenvalue weighted by Crippen LogP contribution is -2.41. The van der Waals surface area contributed by atoms with Crippen molar-refractivity contribution >= 4 is 32.5 Å². The van der Waals surface area contributed by atoms with Gasteiger partial charge in [0.25, 0.3) is 0 Å². The molecule has 7 rings (SSSR count). The van der Waals surface area contributed by atoms with Gasteiger partial charge < -0.3 is 14.5 Å². The molecule has 2 aromatic heterocycles. The first kappa shape index (κ1) is 31.8. The Bertz CT molecular complexity index is 1990. The van der Waals surface area contributed by atoms with Crippen LogP contribution in [0.1, 0.15) is 58.2 Å². The molecule has 0 radical (unpaired) electrons. The molecule has 246 valence electrons. The number of aryl methyl sites for hydroxylation is 2. The summed E-state index contributed by atoms with van der Waals surface area (Å²) in [6, 6.07) is 13.0. The lowest BCUT2D eigenvalue weighted by atomic mass is 9.89. The van der Waals surface area contributed by atoms with Crippen LogP contribution in [0.5, 0.6) is 0 Å². The first-order valence-electron chi connectivity index (χ1n) is 15.2. The van der Waals surface area contributed by atoms with Crippen LogP contribution in [0.15, 0.2) is 69.6 Å². The van der Waals surface area contributed by atoms with Gasteiger partial charge in [-0.25, -0.2) is 21.6 Å². The minimum absolute atomic E-state index is 0.196. The Balaban J connectivity index is 1.31. The monoisotopic (exact) mass is 683 g/mol. The Labute approximate surface area is 274 Å². The average Bonchev–Trinajstić information content (AvgIpc) is 3.86. The molecule has 2 fully saturated rings. The number of nitrogens with one attached hydrogen (secondary N) is 2. The van der Waals surface area contributed by atoms with Gasteiger partial charge in [0.2, 0.25) is 21.8 Å². The number of hydrogen-bond donors (Lipinski definition) is 2. The molecule has 2 N–H and O–H groups in total. The van der Waals surface area contributed by atoms with Crippen LogP contribution in [0.3, 0.4) is 0 Å². The third-order valence-corrected chi connectivity index (χ3v) is 12.0. The van der Waals surface area contributed by atoms with E-state index >= 15 is 0 Å². The number of fused-ring (bicyclic) bond motifs is 3. The summed E-state index contributed by atoms with van der Waals surface area (Å²) < 4.78 is 82.6. The summed E-state index contributed by atoms with van der Waals surface area (Å²) in [5, 5.41) is 15.2. The van der Waals surface area contributed by atoms with Gasteiger partial charge in [0.15, 0.2) is 11.6 Å². The van der Waals surface area contributed by atoms with Crippen molar-refractivity contribution in [3.05, 3.63) is 115 Å². The van der Waals surface area contributed by atoms with E-state index in [0.717, 1.165) is 41.1 Å². The van der Waals surface area contributed by atoms with Crippen LogP contribution < -0.4 is 10.6 Å². The van der Waals surface area contributed by atoms with Crippen molar-refractivity contribution in [2.75, 3.05) is 13.7 Å². The predicted octanol–water partition coefficient (Wildman–Crippen LogP) is 5.83. The van der Waals surface area contributed by atoms with Gasteiger partial charge in [-0.15, -0.1) is 21.5 Å². The van der Waals surface area contributed by atoms with Crippen LogP contribution in [0.25, 0.3) is 11.1 Å². The molecule has 2 aromatic carbocycles. The average molecular weight is 684 g/mol. The number of aromatic nitrogens is 2. The zero-order valence-electron chi connectivity index (χ0n) is 25.6. The number of thiophene rings is 1. The van der Waals surface area contributed by atoms with E-state index < -0.39 is 33.9 Å². The number of allylic oxidation sites excluding steroid dienone is 3. The van der Waals surface area contributed by atoms with Crippen LogP contribution in [-0.4, -0.2) is 48.7 Å². The van der Waals surface area contributed by atoms with Gasteiger partial charge in [-0.2, -0.15) is 4.31 Å². The highest BCUT2D eigenvalue weighted by Crippen LogP contribution is 2.51. The standard InChI is InChI=1S/C33H32F3N5O4S2/c1-18-39-40-33(45-18)28-24(12-8-19-5-9-21(34)10-6-19)38-30-25-4-3-15-41(25)47(42,43)31(30)29(28)26-13-14-27(46-26)32(44-2)37-17-20-7-11-22(35)23(36)16-20/h5-7,9-11,13-14,16,25,30,32,37-38H,3-4,8,12,15,17H2,1-2H3. The van der Waals surface area contributed by atoms with E-state index in [2.05, 4.69) is 20.8 Å². The molecule has 3 aliphatic heterocycles. The number of nitrogens with zero attached hydrogens (tertiary/aromatic N) is 3. The minimum atomic E-state index is -3.84.